The van der Waals surface area contributed by atoms with Gasteiger partial charge in [0.05, 0.1) is 12.6 Å². The van der Waals surface area contributed by atoms with E-state index in [1.165, 1.54) is 12.3 Å². The average Bonchev–Trinajstić information content (AvgIpc) is 2.42. The molecule has 0 bridgehead atoms. The molecule has 0 amide bonds. The monoisotopic (exact) mass is 267 g/mol. The summed E-state index contributed by atoms with van der Waals surface area (Å²) in [5.41, 5.74) is 0. The molecule has 0 saturated carbocycles. The van der Waals surface area contributed by atoms with E-state index in [9.17, 15) is 9.59 Å². The van der Waals surface area contributed by atoms with Crippen molar-refractivity contribution in [1.29, 1.82) is 0 Å². The SMILES string of the molecule is C=CN[C@@H](CCC(=O)OCCCCCC)C(=O)C=C. The van der Waals surface area contributed by atoms with E-state index in [1.807, 2.05) is 0 Å². The lowest BCUT2D eigenvalue weighted by atomic mass is 10.1. The van der Waals surface area contributed by atoms with Crippen molar-refractivity contribution in [2.45, 2.75) is 51.5 Å². The first kappa shape index (κ1) is 17.4. The maximum absolute atomic E-state index is 11.5. The minimum absolute atomic E-state index is 0.143. The molecule has 19 heavy (non-hydrogen) atoms. The molecule has 0 spiro atoms. The summed E-state index contributed by atoms with van der Waals surface area (Å²) in [6.07, 6.45) is 7.62. The maximum atomic E-state index is 11.5. The Kier molecular flexibility index (Phi) is 10.6. The molecule has 4 heteroatoms. The van der Waals surface area contributed by atoms with Crippen LogP contribution in [0.25, 0.3) is 0 Å². The second-order valence-corrected chi connectivity index (χ2v) is 4.35. The fraction of sp³-hybridized carbons (Fsp3) is 0.600. The quantitative estimate of drug-likeness (QED) is 0.335. The van der Waals surface area contributed by atoms with E-state index < -0.39 is 6.04 Å². The summed E-state index contributed by atoms with van der Waals surface area (Å²) in [6.45, 7) is 9.54. The van der Waals surface area contributed by atoms with Crippen LogP contribution >= 0.6 is 0 Å². The Morgan fingerprint density at radius 2 is 2.00 bits per heavy atom. The lowest BCUT2D eigenvalue weighted by Crippen LogP contribution is -2.32. The van der Waals surface area contributed by atoms with Gasteiger partial charge >= 0.3 is 5.97 Å². The van der Waals surface area contributed by atoms with E-state index in [-0.39, 0.29) is 18.2 Å². The zero-order valence-corrected chi connectivity index (χ0v) is 11.8. The Hall–Kier alpha value is -1.58. The van der Waals surface area contributed by atoms with Crippen LogP contribution in [0.15, 0.2) is 25.4 Å². The van der Waals surface area contributed by atoms with Crippen LogP contribution in [0.4, 0.5) is 0 Å². The molecule has 1 N–H and O–H groups in total. The van der Waals surface area contributed by atoms with Crippen LogP contribution < -0.4 is 5.32 Å². The first-order valence-corrected chi connectivity index (χ1v) is 6.84. The van der Waals surface area contributed by atoms with E-state index >= 15 is 0 Å². The van der Waals surface area contributed by atoms with Gasteiger partial charge < -0.3 is 10.1 Å². The van der Waals surface area contributed by atoms with Crippen molar-refractivity contribution >= 4 is 11.8 Å². The van der Waals surface area contributed by atoms with Gasteiger partial charge in [-0.2, -0.15) is 0 Å². The highest BCUT2D eigenvalue weighted by atomic mass is 16.5. The van der Waals surface area contributed by atoms with Gasteiger partial charge in [0.2, 0.25) is 0 Å². The molecule has 0 rings (SSSR count). The second-order valence-electron chi connectivity index (χ2n) is 4.35. The van der Waals surface area contributed by atoms with Crippen molar-refractivity contribution in [3.05, 3.63) is 25.4 Å². The minimum atomic E-state index is -0.442. The minimum Gasteiger partial charge on any atom is -0.466 e. The Bertz CT molecular complexity index is 300. The standard InChI is InChI=1S/C15H25NO3/c1-4-7-8-9-12-19-15(18)11-10-13(16-6-3)14(17)5-2/h5-6,13,16H,2-4,7-12H2,1H3/t13-/m0/s1. The molecule has 1 atom stereocenters. The number of unbranched alkanes of at least 4 members (excludes halogenated alkanes) is 3. The van der Waals surface area contributed by atoms with Crippen molar-refractivity contribution in [3.8, 4) is 0 Å². The third-order valence-electron chi connectivity index (χ3n) is 2.76. The normalized spacial score (nSPS) is 11.4. The van der Waals surface area contributed by atoms with Gasteiger partial charge in [0.25, 0.3) is 0 Å². The molecule has 4 nitrogen and oxygen atoms in total. The molecule has 0 aromatic carbocycles. The summed E-state index contributed by atoms with van der Waals surface area (Å²) in [4.78, 5) is 22.9. The van der Waals surface area contributed by atoms with Crippen LogP contribution in [0.3, 0.4) is 0 Å². The number of ether oxygens (including phenoxy) is 1. The van der Waals surface area contributed by atoms with Crippen molar-refractivity contribution < 1.29 is 14.3 Å². The highest BCUT2D eigenvalue weighted by Crippen LogP contribution is 2.04. The summed E-state index contributed by atoms with van der Waals surface area (Å²) >= 11 is 0. The van der Waals surface area contributed by atoms with Crippen LogP contribution in [0, 0.1) is 0 Å². The van der Waals surface area contributed by atoms with Gasteiger partial charge in [0.15, 0.2) is 5.78 Å². The van der Waals surface area contributed by atoms with Gasteiger partial charge in [0, 0.05) is 6.42 Å². The summed E-state index contributed by atoms with van der Waals surface area (Å²) in [5, 5.41) is 2.81. The van der Waals surface area contributed by atoms with Crippen LogP contribution in [0.1, 0.15) is 45.4 Å². The fourth-order valence-electron chi connectivity index (χ4n) is 1.64. The van der Waals surface area contributed by atoms with Crippen LogP contribution in [-0.2, 0) is 14.3 Å². The zero-order chi connectivity index (χ0) is 14.5. The Morgan fingerprint density at radius 3 is 2.58 bits per heavy atom. The highest BCUT2D eigenvalue weighted by molar-refractivity contribution is 5.94. The number of hydrogen-bond donors (Lipinski definition) is 1. The molecule has 108 valence electrons. The van der Waals surface area contributed by atoms with Gasteiger partial charge in [-0.05, 0) is 25.1 Å². The first-order valence-electron chi connectivity index (χ1n) is 6.84. The van der Waals surface area contributed by atoms with Gasteiger partial charge in [0.1, 0.15) is 0 Å². The highest BCUT2D eigenvalue weighted by Gasteiger charge is 2.15. The van der Waals surface area contributed by atoms with E-state index in [0.717, 1.165) is 25.7 Å². The lowest BCUT2D eigenvalue weighted by Gasteiger charge is -2.13. The number of esters is 1. The Balaban J connectivity index is 3.82. The number of nitrogens with one attached hydrogen (secondary N) is 1. The van der Waals surface area contributed by atoms with E-state index in [1.54, 1.807) is 0 Å². The van der Waals surface area contributed by atoms with Crippen molar-refractivity contribution in [2.75, 3.05) is 6.61 Å². The topological polar surface area (TPSA) is 55.4 Å². The molecule has 0 aromatic rings. The van der Waals surface area contributed by atoms with Crippen molar-refractivity contribution in [2.24, 2.45) is 0 Å². The van der Waals surface area contributed by atoms with E-state index in [2.05, 4.69) is 25.4 Å². The molecule has 0 fully saturated rings. The average molecular weight is 267 g/mol. The summed E-state index contributed by atoms with van der Waals surface area (Å²) in [5.74, 6) is -0.403. The Morgan fingerprint density at radius 1 is 1.26 bits per heavy atom. The molecule has 0 aliphatic carbocycles. The smallest absolute Gasteiger partial charge is 0.305 e. The first-order chi connectivity index (χ1) is 9.15. The Labute approximate surface area is 115 Å². The van der Waals surface area contributed by atoms with Gasteiger partial charge in [-0.25, -0.2) is 0 Å². The predicted octanol–water partition coefficient (Wildman–Crippen LogP) is 2.75. The van der Waals surface area contributed by atoms with Crippen LogP contribution in [-0.4, -0.2) is 24.4 Å². The zero-order valence-electron chi connectivity index (χ0n) is 11.8. The van der Waals surface area contributed by atoms with Crippen LogP contribution in [0.5, 0.6) is 0 Å². The van der Waals surface area contributed by atoms with Crippen molar-refractivity contribution in [1.82, 2.24) is 5.32 Å². The second kappa shape index (κ2) is 11.5. The number of carbonyl (C=O) groups is 2. The van der Waals surface area contributed by atoms with Crippen molar-refractivity contribution in [3.63, 3.8) is 0 Å². The number of hydrogen-bond acceptors (Lipinski definition) is 4. The van der Waals surface area contributed by atoms with Gasteiger partial charge in [-0.1, -0.05) is 39.3 Å². The third-order valence-corrected chi connectivity index (χ3v) is 2.76. The molecular weight excluding hydrogens is 242 g/mol. The maximum Gasteiger partial charge on any atom is 0.305 e. The molecule has 0 aliphatic heterocycles. The molecule has 0 unspecified atom stereocenters. The summed E-state index contributed by atoms with van der Waals surface area (Å²) in [6, 6.07) is -0.442. The largest absolute Gasteiger partial charge is 0.466 e. The molecular formula is C15H25NO3. The van der Waals surface area contributed by atoms with E-state index in [4.69, 9.17) is 4.74 Å². The van der Waals surface area contributed by atoms with E-state index in [0.29, 0.717) is 13.0 Å². The fourth-order valence-corrected chi connectivity index (χ4v) is 1.64. The van der Waals surface area contributed by atoms with Gasteiger partial charge in [-0.15, -0.1) is 0 Å². The molecule has 0 heterocycles. The summed E-state index contributed by atoms with van der Waals surface area (Å²) in [7, 11) is 0. The third kappa shape index (κ3) is 9.05. The predicted molar refractivity (Wildman–Crippen MR) is 76.7 cm³/mol. The summed E-state index contributed by atoms with van der Waals surface area (Å²) < 4.78 is 5.10. The lowest BCUT2D eigenvalue weighted by molar-refractivity contribution is -0.144. The van der Waals surface area contributed by atoms with Crippen LogP contribution in [0.2, 0.25) is 0 Å². The molecule has 0 aliphatic rings. The molecule has 0 saturated heterocycles. The number of rotatable bonds is 12. The number of carbonyl (C=O) groups excluding carboxylic acids is 2. The van der Waals surface area contributed by atoms with Gasteiger partial charge in [-0.3, -0.25) is 9.59 Å². The number of ketones is 1. The molecule has 0 aromatic heterocycles. The molecule has 0 radical (unpaired) electrons.